The van der Waals surface area contributed by atoms with Crippen LogP contribution >= 0.6 is 11.3 Å². The Balaban J connectivity index is 1.66. The number of aromatic nitrogens is 1. The van der Waals surface area contributed by atoms with E-state index in [-0.39, 0.29) is 22.5 Å². The smallest absolute Gasteiger partial charge is 0.355 e. The Kier molecular flexibility index (Phi) is 7.90. The Bertz CT molecular complexity index is 1610. The molecule has 0 fully saturated rings. The maximum Gasteiger partial charge on any atom is 0.355 e. The van der Waals surface area contributed by atoms with Gasteiger partial charge in [-0.15, -0.1) is 11.3 Å². The summed E-state index contributed by atoms with van der Waals surface area (Å²) < 4.78 is 6.07. The van der Waals surface area contributed by atoms with Crippen LogP contribution in [0.25, 0.3) is 21.6 Å². The molecule has 0 bridgehead atoms. The molecule has 4 aromatic rings. The molecule has 2 aromatic heterocycles. The number of hydrogen-bond donors (Lipinski definition) is 4. The second kappa shape index (κ2) is 11.7. The molecule has 1 aliphatic rings. The summed E-state index contributed by atoms with van der Waals surface area (Å²) >= 11 is 1.56. The zero-order chi connectivity index (χ0) is 28.2. The van der Waals surface area contributed by atoms with Crippen molar-refractivity contribution in [1.29, 1.82) is 0 Å². The van der Waals surface area contributed by atoms with Gasteiger partial charge in [-0.1, -0.05) is 19.1 Å². The van der Waals surface area contributed by atoms with Crippen molar-refractivity contribution in [2.75, 3.05) is 18.5 Å². The monoisotopic (exact) mass is 556 g/mol. The van der Waals surface area contributed by atoms with Crippen LogP contribution in [0.3, 0.4) is 0 Å². The number of pyridine rings is 1. The van der Waals surface area contributed by atoms with Crippen LogP contribution in [0.15, 0.2) is 60.0 Å². The molecule has 0 saturated carbocycles. The second-order valence-electron chi connectivity index (χ2n) is 9.28. The number of anilines is 1. The van der Waals surface area contributed by atoms with E-state index in [2.05, 4.69) is 15.6 Å². The average Bonchev–Trinajstić information content (AvgIpc) is 3.36. The number of hydrogen-bond acceptors (Lipinski definition) is 7. The molecule has 0 aliphatic carbocycles. The van der Waals surface area contributed by atoms with Gasteiger partial charge in [-0.05, 0) is 65.4 Å². The number of aromatic carboxylic acids is 1. The van der Waals surface area contributed by atoms with Gasteiger partial charge in [0.15, 0.2) is 5.69 Å². The van der Waals surface area contributed by atoms with Crippen LogP contribution < -0.4 is 21.1 Å². The molecule has 0 radical (unpaired) electrons. The van der Waals surface area contributed by atoms with Crippen LogP contribution in [0.1, 0.15) is 55.8 Å². The zero-order valence-electron chi connectivity index (χ0n) is 21.8. The lowest BCUT2D eigenvalue weighted by Crippen LogP contribution is -2.25. The summed E-state index contributed by atoms with van der Waals surface area (Å²) in [6, 6.07) is 15.7. The quantitative estimate of drug-likeness (QED) is 0.240. The first kappa shape index (κ1) is 27.0. The van der Waals surface area contributed by atoms with Gasteiger partial charge in [0.25, 0.3) is 11.8 Å². The van der Waals surface area contributed by atoms with Crippen LogP contribution in [0.5, 0.6) is 5.75 Å². The van der Waals surface area contributed by atoms with E-state index >= 15 is 0 Å². The highest BCUT2D eigenvalue weighted by Crippen LogP contribution is 2.43. The number of carboxylic acid groups (broad SMARTS) is 1. The highest BCUT2D eigenvalue weighted by Gasteiger charge is 2.26. The van der Waals surface area contributed by atoms with E-state index < -0.39 is 17.8 Å². The van der Waals surface area contributed by atoms with Crippen molar-refractivity contribution in [2.24, 2.45) is 5.73 Å². The molecule has 5 N–H and O–H groups in total. The largest absolute Gasteiger partial charge is 0.493 e. The number of carbonyl (C=O) groups excluding carboxylic acids is 2. The number of nitrogens with zero attached hydrogens (tertiary/aromatic N) is 1. The van der Waals surface area contributed by atoms with Crippen molar-refractivity contribution < 1.29 is 24.2 Å². The van der Waals surface area contributed by atoms with E-state index in [0.717, 1.165) is 28.0 Å². The topological polar surface area (TPSA) is 144 Å². The third-order valence-electron chi connectivity index (χ3n) is 6.56. The number of benzene rings is 2. The lowest BCUT2D eigenvalue weighted by molar-refractivity contribution is 0.0691. The van der Waals surface area contributed by atoms with E-state index in [9.17, 15) is 19.5 Å². The SMILES string of the molecule is CCCNC(=O)c1ccc(-c2cc3c(cc2C(=O)Nc2cccc(CN)c2)-c2sccc2CCO3)c(C(=O)O)n1. The molecule has 3 heterocycles. The molecule has 0 saturated heterocycles. The predicted molar refractivity (Wildman–Crippen MR) is 154 cm³/mol. The first-order valence-corrected chi connectivity index (χ1v) is 13.8. The van der Waals surface area contributed by atoms with Gasteiger partial charge in [-0.25, -0.2) is 9.78 Å². The number of nitrogens with two attached hydrogens (primary N) is 1. The standard InChI is InChI=1S/C30H28N4O5S/c1-2-10-32-29(36)24-7-6-20(26(34-24)30(37)38)21-15-25-23(27-18(8-11-39-25)9-12-40-27)14-22(21)28(35)33-19-5-3-4-17(13-19)16-31/h3-7,9,12-15H,2,8,10-11,16,31H2,1H3,(H,32,36)(H,33,35)(H,37,38). The molecule has 0 atom stereocenters. The molecule has 204 valence electrons. The van der Waals surface area contributed by atoms with Crippen molar-refractivity contribution >= 4 is 34.8 Å². The third-order valence-corrected chi connectivity index (χ3v) is 7.55. The molecule has 5 rings (SSSR count). The zero-order valence-corrected chi connectivity index (χ0v) is 22.6. The number of nitrogens with one attached hydrogen (secondary N) is 2. The first-order valence-electron chi connectivity index (χ1n) is 12.9. The fourth-order valence-corrected chi connectivity index (χ4v) is 5.57. The molecular formula is C30H28N4O5S. The summed E-state index contributed by atoms with van der Waals surface area (Å²) in [6.07, 6.45) is 1.43. The summed E-state index contributed by atoms with van der Waals surface area (Å²) in [6.45, 7) is 3.11. The number of carboxylic acids is 1. The van der Waals surface area contributed by atoms with Crippen molar-refractivity contribution in [3.8, 4) is 27.3 Å². The Morgan fingerprint density at radius 1 is 1.05 bits per heavy atom. The predicted octanol–water partition coefficient (Wildman–Crippen LogP) is 4.96. The maximum atomic E-state index is 13.8. The minimum Gasteiger partial charge on any atom is -0.493 e. The molecule has 2 aromatic carbocycles. The fraction of sp³-hybridized carbons (Fsp3) is 0.200. The first-order chi connectivity index (χ1) is 19.4. The summed E-state index contributed by atoms with van der Waals surface area (Å²) in [7, 11) is 0. The molecule has 10 heteroatoms. The van der Waals surface area contributed by atoms with Gasteiger partial charge in [0.1, 0.15) is 11.4 Å². The molecule has 1 aliphatic heterocycles. The van der Waals surface area contributed by atoms with Crippen molar-refractivity contribution in [3.05, 3.63) is 88.1 Å². The Labute approximate surface area is 235 Å². The van der Waals surface area contributed by atoms with Gasteiger partial charge in [0.05, 0.1) is 6.61 Å². The number of fused-ring (bicyclic) bond motifs is 3. The van der Waals surface area contributed by atoms with E-state index in [4.69, 9.17) is 10.5 Å². The Morgan fingerprint density at radius 2 is 1.90 bits per heavy atom. The summed E-state index contributed by atoms with van der Waals surface area (Å²) in [4.78, 5) is 43.8. The van der Waals surface area contributed by atoms with E-state index in [0.29, 0.717) is 43.1 Å². The van der Waals surface area contributed by atoms with Crippen LogP contribution in [-0.4, -0.2) is 41.0 Å². The molecule has 0 unspecified atom stereocenters. The van der Waals surface area contributed by atoms with E-state index in [1.807, 2.05) is 24.4 Å². The van der Waals surface area contributed by atoms with Crippen molar-refractivity contribution in [1.82, 2.24) is 10.3 Å². The van der Waals surface area contributed by atoms with Crippen LogP contribution in [0.2, 0.25) is 0 Å². The van der Waals surface area contributed by atoms with Gasteiger partial charge >= 0.3 is 5.97 Å². The molecule has 0 spiro atoms. The molecule has 40 heavy (non-hydrogen) atoms. The second-order valence-corrected chi connectivity index (χ2v) is 10.2. The Hall–Kier alpha value is -4.54. The molecular weight excluding hydrogens is 528 g/mol. The number of carbonyl (C=O) groups is 3. The lowest BCUT2D eigenvalue weighted by atomic mass is 9.93. The van der Waals surface area contributed by atoms with Crippen LogP contribution in [-0.2, 0) is 13.0 Å². The van der Waals surface area contributed by atoms with E-state index in [1.54, 1.807) is 41.7 Å². The lowest BCUT2D eigenvalue weighted by Gasteiger charge is -2.17. The fourth-order valence-electron chi connectivity index (χ4n) is 4.60. The van der Waals surface area contributed by atoms with Gasteiger partial charge in [-0.3, -0.25) is 9.59 Å². The highest BCUT2D eigenvalue weighted by atomic mass is 32.1. The molecule has 9 nitrogen and oxygen atoms in total. The third kappa shape index (κ3) is 5.45. The summed E-state index contributed by atoms with van der Waals surface area (Å²) in [5.74, 6) is -1.68. The van der Waals surface area contributed by atoms with Gasteiger partial charge in [-0.2, -0.15) is 0 Å². The molecule has 2 amide bonds. The number of rotatable bonds is 8. The van der Waals surface area contributed by atoms with Gasteiger partial charge < -0.3 is 26.2 Å². The van der Waals surface area contributed by atoms with Crippen molar-refractivity contribution in [2.45, 2.75) is 26.3 Å². The van der Waals surface area contributed by atoms with Crippen molar-refractivity contribution in [3.63, 3.8) is 0 Å². The highest BCUT2D eigenvalue weighted by molar-refractivity contribution is 7.13. The number of ether oxygens (including phenoxy) is 1. The van der Waals surface area contributed by atoms with Gasteiger partial charge in [0, 0.05) is 52.3 Å². The number of thiophene rings is 1. The minimum atomic E-state index is -1.32. The van der Waals surface area contributed by atoms with Gasteiger partial charge in [0.2, 0.25) is 0 Å². The summed E-state index contributed by atoms with van der Waals surface area (Å²) in [5.41, 5.74) is 9.47. The van der Waals surface area contributed by atoms with E-state index in [1.165, 1.54) is 12.1 Å². The minimum absolute atomic E-state index is 0.0200. The normalized spacial score (nSPS) is 11.9. The number of amides is 2. The maximum absolute atomic E-state index is 13.8. The summed E-state index contributed by atoms with van der Waals surface area (Å²) in [5, 5.41) is 17.7. The van der Waals surface area contributed by atoms with Crippen LogP contribution in [0.4, 0.5) is 5.69 Å². The van der Waals surface area contributed by atoms with Crippen LogP contribution in [0, 0.1) is 0 Å². The average molecular weight is 557 g/mol. The Morgan fingerprint density at radius 3 is 2.67 bits per heavy atom.